The van der Waals surface area contributed by atoms with E-state index in [1.807, 2.05) is 0 Å². The highest BCUT2D eigenvalue weighted by Gasteiger charge is 2.35. The fraction of sp³-hybridized carbons (Fsp3) is 0.786. The second kappa shape index (κ2) is 6.55. The number of piperidine rings is 1. The maximum atomic E-state index is 12.6. The Hall–Kier alpha value is -1.12. The van der Waals surface area contributed by atoms with Crippen LogP contribution in [0.2, 0.25) is 0 Å². The van der Waals surface area contributed by atoms with Crippen molar-refractivity contribution in [3.05, 3.63) is 17.5 Å². The van der Waals surface area contributed by atoms with E-state index in [4.69, 9.17) is 0 Å². The fourth-order valence-electron chi connectivity index (χ4n) is 3.06. The average molecular weight is 320 g/mol. The third-order valence-electron chi connectivity index (χ3n) is 3.96. The minimum absolute atomic E-state index is 0.0114. The minimum Gasteiger partial charge on any atom is -0.388 e. The molecule has 1 aromatic heterocycles. The van der Waals surface area contributed by atoms with Crippen LogP contribution in [0.3, 0.4) is 0 Å². The summed E-state index contributed by atoms with van der Waals surface area (Å²) in [6.07, 6.45) is -2.70. The van der Waals surface area contributed by atoms with Gasteiger partial charge in [0.05, 0.1) is 5.60 Å². The molecule has 0 amide bonds. The first-order valence-electron chi connectivity index (χ1n) is 7.43. The van der Waals surface area contributed by atoms with Crippen molar-refractivity contribution >= 4 is 0 Å². The zero-order chi connectivity index (χ0) is 16.4. The Balaban J connectivity index is 2.00. The second-order valence-corrected chi connectivity index (χ2v) is 6.31. The van der Waals surface area contributed by atoms with Crippen molar-refractivity contribution in [3.8, 4) is 0 Å². The van der Waals surface area contributed by atoms with E-state index in [-0.39, 0.29) is 5.92 Å². The molecule has 1 aromatic rings. The van der Waals surface area contributed by atoms with Crippen molar-refractivity contribution in [1.29, 1.82) is 0 Å². The molecule has 2 rings (SSSR count). The van der Waals surface area contributed by atoms with Crippen molar-refractivity contribution in [3.63, 3.8) is 0 Å². The van der Waals surface area contributed by atoms with Crippen LogP contribution in [0, 0.1) is 0 Å². The molecular formula is C14H23F3N4O. The lowest BCUT2D eigenvalue weighted by molar-refractivity contribution is -0.141. The molecule has 0 spiro atoms. The molecule has 2 heterocycles. The van der Waals surface area contributed by atoms with Gasteiger partial charge in [0, 0.05) is 31.2 Å². The molecule has 1 fully saturated rings. The van der Waals surface area contributed by atoms with Gasteiger partial charge in [-0.2, -0.15) is 18.3 Å². The van der Waals surface area contributed by atoms with Crippen molar-refractivity contribution in [2.24, 2.45) is 0 Å². The third-order valence-corrected chi connectivity index (χ3v) is 3.96. The van der Waals surface area contributed by atoms with E-state index in [9.17, 15) is 18.3 Å². The number of nitrogens with one attached hydrogen (secondary N) is 2. The van der Waals surface area contributed by atoms with Gasteiger partial charge in [-0.15, -0.1) is 0 Å². The second-order valence-electron chi connectivity index (χ2n) is 6.31. The van der Waals surface area contributed by atoms with Crippen LogP contribution in [0.5, 0.6) is 0 Å². The first kappa shape index (κ1) is 17.2. The summed E-state index contributed by atoms with van der Waals surface area (Å²) in [7, 11) is 1.77. The van der Waals surface area contributed by atoms with Crippen LogP contribution in [0.25, 0.3) is 0 Å². The van der Waals surface area contributed by atoms with Crippen molar-refractivity contribution in [1.82, 2.24) is 20.4 Å². The number of likely N-dealkylation sites (tertiary alicyclic amines) is 1. The van der Waals surface area contributed by atoms with Gasteiger partial charge in [-0.05, 0) is 39.4 Å². The lowest BCUT2D eigenvalue weighted by Gasteiger charge is -2.37. The number of halogens is 3. The summed E-state index contributed by atoms with van der Waals surface area (Å²) in [5.74, 6) is -0.0114. The van der Waals surface area contributed by atoms with E-state index >= 15 is 0 Å². The highest BCUT2D eigenvalue weighted by molar-refractivity contribution is 5.16. The molecule has 0 saturated carbocycles. The third kappa shape index (κ3) is 4.44. The summed E-state index contributed by atoms with van der Waals surface area (Å²) in [6, 6.07) is 1.10. The maximum Gasteiger partial charge on any atom is 0.435 e. The van der Waals surface area contributed by atoms with Gasteiger partial charge in [0.25, 0.3) is 0 Å². The smallest absolute Gasteiger partial charge is 0.388 e. The Bertz CT molecular complexity index is 487. The Morgan fingerprint density at radius 2 is 2.23 bits per heavy atom. The van der Waals surface area contributed by atoms with Crippen LogP contribution in [0.1, 0.15) is 37.1 Å². The number of aliphatic hydroxyl groups is 1. The Labute approximate surface area is 127 Å². The largest absolute Gasteiger partial charge is 0.435 e. The number of rotatable bonds is 5. The number of hydrogen-bond acceptors (Lipinski definition) is 4. The summed E-state index contributed by atoms with van der Waals surface area (Å²) >= 11 is 0. The molecule has 5 nitrogen and oxygen atoms in total. The van der Waals surface area contributed by atoms with E-state index in [2.05, 4.69) is 20.4 Å². The summed E-state index contributed by atoms with van der Waals surface area (Å²) in [6.45, 7) is 4.18. The molecule has 1 aliphatic rings. The Morgan fingerprint density at radius 1 is 1.50 bits per heavy atom. The molecule has 0 bridgehead atoms. The van der Waals surface area contributed by atoms with Crippen LogP contribution >= 0.6 is 0 Å². The molecule has 2 atom stereocenters. The number of likely N-dealkylation sites (N-methyl/N-ethyl adjacent to an activating group) is 1. The molecule has 126 valence electrons. The van der Waals surface area contributed by atoms with Crippen LogP contribution in [-0.4, -0.2) is 59.0 Å². The normalized spacial score (nSPS) is 23.5. The molecule has 0 aromatic carbocycles. The number of H-pyrrole nitrogens is 1. The Kier molecular flexibility index (Phi) is 5.14. The van der Waals surface area contributed by atoms with Crippen LogP contribution in [-0.2, 0) is 6.18 Å². The number of aromatic amines is 1. The molecule has 1 saturated heterocycles. The summed E-state index contributed by atoms with van der Waals surface area (Å²) in [5, 5.41) is 19.1. The average Bonchev–Trinajstić information content (AvgIpc) is 2.87. The van der Waals surface area contributed by atoms with Crippen LogP contribution < -0.4 is 5.32 Å². The van der Waals surface area contributed by atoms with Gasteiger partial charge in [-0.25, -0.2) is 0 Å². The SMILES string of the molecule is CNCC(C)(O)CN1CCCC(c2cc(C(F)(F)F)n[nH]2)C1. The number of β-amino-alcohol motifs (C(OH)–C–C–N with tert-alkyl or cyclic N) is 1. The lowest BCUT2D eigenvalue weighted by atomic mass is 9.93. The zero-order valence-corrected chi connectivity index (χ0v) is 12.9. The number of nitrogens with zero attached hydrogens (tertiary/aromatic N) is 2. The van der Waals surface area contributed by atoms with Gasteiger partial charge in [0.2, 0.25) is 0 Å². The Morgan fingerprint density at radius 3 is 2.82 bits per heavy atom. The molecular weight excluding hydrogens is 297 g/mol. The first-order chi connectivity index (χ1) is 10.2. The van der Waals surface area contributed by atoms with Gasteiger partial charge < -0.3 is 10.4 Å². The monoisotopic (exact) mass is 320 g/mol. The summed E-state index contributed by atoms with van der Waals surface area (Å²) in [5.41, 5.74) is -1.21. The van der Waals surface area contributed by atoms with E-state index in [1.165, 1.54) is 0 Å². The summed E-state index contributed by atoms with van der Waals surface area (Å²) in [4.78, 5) is 2.10. The molecule has 3 N–H and O–H groups in total. The molecule has 0 aliphatic carbocycles. The molecule has 1 aliphatic heterocycles. The van der Waals surface area contributed by atoms with Gasteiger partial charge in [0.1, 0.15) is 0 Å². The number of hydrogen-bond donors (Lipinski definition) is 3. The van der Waals surface area contributed by atoms with Crippen molar-refractivity contribution in [2.75, 3.05) is 33.2 Å². The van der Waals surface area contributed by atoms with Crippen molar-refractivity contribution in [2.45, 2.75) is 37.5 Å². The van der Waals surface area contributed by atoms with Crippen LogP contribution in [0.15, 0.2) is 6.07 Å². The number of aromatic nitrogens is 2. The topological polar surface area (TPSA) is 64.2 Å². The minimum atomic E-state index is -4.42. The molecule has 22 heavy (non-hydrogen) atoms. The van der Waals surface area contributed by atoms with E-state index < -0.39 is 17.5 Å². The zero-order valence-electron chi connectivity index (χ0n) is 12.9. The first-order valence-corrected chi connectivity index (χ1v) is 7.43. The van der Waals surface area contributed by atoms with Gasteiger partial charge in [0.15, 0.2) is 5.69 Å². The lowest BCUT2D eigenvalue weighted by Crippen LogP contribution is -2.49. The highest BCUT2D eigenvalue weighted by atomic mass is 19.4. The predicted octanol–water partition coefficient (Wildman–Crippen LogP) is 1.58. The quantitative estimate of drug-likeness (QED) is 0.771. The predicted molar refractivity (Wildman–Crippen MR) is 76.6 cm³/mol. The van der Waals surface area contributed by atoms with Gasteiger partial charge in [-0.1, -0.05) is 0 Å². The maximum absolute atomic E-state index is 12.6. The van der Waals surface area contributed by atoms with Crippen LogP contribution in [0.4, 0.5) is 13.2 Å². The highest BCUT2D eigenvalue weighted by Crippen LogP contribution is 2.32. The van der Waals surface area contributed by atoms with E-state index in [0.717, 1.165) is 25.5 Å². The molecule has 0 radical (unpaired) electrons. The molecule has 8 heteroatoms. The fourth-order valence-corrected chi connectivity index (χ4v) is 3.06. The van der Waals surface area contributed by atoms with Crippen molar-refractivity contribution < 1.29 is 18.3 Å². The summed E-state index contributed by atoms with van der Waals surface area (Å²) < 4.78 is 37.9. The number of alkyl halides is 3. The van der Waals surface area contributed by atoms with Gasteiger partial charge in [-0.3, -0.25) is 10.00 Å². The molecule has 2 unspecified atom stereocenters. The van der Waals surface area contributed by atoms with Gasteiger partial charge >= 0.3 is 6.18 Å². The van der Waals surface area contributed by atoms with E-state index in [0.29, 0.717) is 25.3 Å². The standard InChI is InChI=1S/C14H23F3N4O/c1-13(22,8-18-2)9-21-5-3-4-10(7-21)11-6-12(20-19-11)14(15,16)17/h6,10,18,22H,3-5,7-9H2,1-2H3,(H,19,20). The van der Waals surface area contributed by atoms with E-state index in [1.54, 1.807) is 14.0 Å².